The maximum atomic E-state index is 2.52. The highest BCUT2D eigenvalue weighted by Gasteiger charge is 2.10. The Labute approximate surface area is 213 Å². The zero-order valence-corrected chi connectivity index (χ0v) is 23.8. The van der Waals surface area contributed by atoms with Crippen molar-refractivity contribution in [3.8, 4) is 0 Å². The summed E-state index contributed by atoms with van der Waals surface area (Å²) in [6, 6.07) is 0. The van der Waals surface area contributed by atoms with Crippen molar-refractivity contribution < 1.29 is 0 Å². The van der Waals surface area contributed by atoms with Crippen LogP contribution in [0.3, 0.4) is 0 Å². The lowest BCUT2D eigenvalue weighted by atomic mass is 10.1. The van der Waals surface area contributed by atoms with Gasteiger partial charge < -0.3 is 9.80 Å². The van der Waals surface area contributed by atoms with Gasteiger partial charge in [0.05, 0.1) is 6.67 Å². The molecule has 0 aromatic rings. The van der Waals surface area contributed by atoms with E-state index in [9.17, 15) is 0 Å². The molecule has 2 nitrogen and oxygen atoms in total. The molecule has 0 aromatic heterocycles. The molecule has 0 N–H and O–H groups in total. The minimum Gasteiger partial charge on any atom is -0.359 e. The average molecular weight is 516 g/mol. The molecule has 1 aliphatic rings. The Kier molecular flexibility index (Phi) is 25.3. The van der Waals surface area contributed by atoms with Crippen molar-refractivity contribution in [3.63, 3.8) is 0 Å². The Bertz CT molecular complexity index is 385. The molecule has 0 unspecified atom stereocenters. The second-order valence-corrected chi connectivity index (χ2v) is 10.1. The Morgan fingerprint density at radius 1 is 0.406 bits per heavy atom. The molecule has 0 radical (unpaired) electrons. The Balaban J connectivity index is 0.00000961. The van der Waals surface area contributed by atoms with Crippen LogP contribution in [0.15, 0.2) is 12.4 Å². The van der Waals surface area contributed by atoms with Gasteiger partial charge in [-0.05, 0) is 12.8 Å². The highest BCUT2D eigenvalue weighted by atomic mass is 79.9. The molecule has 0 amide bonds. The van der Waals surface area contributed by atoms with Crippen molar-refractivity contribution in [1.29, 1.82) is 0 Å². The molecule has 0 saturated carbocycles. The predicted molar refractivity (Wildman–Crippen MR) is 151 cm³/mol. The van der Waals surface area contributed by atoms with Crippen LogP contribution in [-0.2, 0) is 0 Å². The first-order chi connectivity index (χ1) is 15.4. The minimum absolute atomic E-state index is 0. The quantitative estimate of drug-likeness (QED) is 0.118. The van der Waals surface area contributed by atoms with Crippen LogP contribution in [0.25, 0.3) is 0 Å². The van der Waals surface area contributed by atoms with Crippen molar-refractivity contribution >= 4 is 17.0 Å². The number of halogens is 1. The predicted octanol–water partition coefficient (Wildman–Crippen LogP) is 10.2. The highest BCUT2D eigenvalue weighted by Crippen LogP contribution is 2.15. The fourth-order valence-electron chi connectivity index (χ4n) is 4.76. The van der Waals surface area contributed by atoms with Gasteiger partial charge in [0.15, 0.2) is 0 Å². The van der Waals surface area contributed by atoms with Crippen molar-refractivity contribution in [2.45, 2.75) is 155 Å². The summed E-state index contributed by atoms with van der Waals surface area (Å²) in [4.78, 5) is 5.04. The number of hydrogen-bond donors (Lipinski definition) is 0. The van der Waals surface area contributed by atoms with E-state index < -0.39 is 0 Å². The molecule has 0 aliphatic carbocycles. The molecule has 0 aromatic carbocycles. The molecule has 1 rings (SSSR count). The van der Waals surface area contributed by atoms with Gasteiger partial charge in [-0.2, -0.15) is 0 Å². The van der Waals surface area contributed by atoms with E-state index in [-0.39, 0.29) is 17.0 Å². The second kappa shape index (κ2) is 25.4. The van der Waals surface area contributed by atoms with Crippen LogP contribution < -0.4 is 0 Å². The highest BCUT2D eigenvalue weighted by molar-refractivity contribution is 8.93. The van der Waals surface area contributed by atoms with E-state index in [0.29, 0.717) is 0 Å². The Morgan fingerprint density at radius 3 is 0.938 bits per heavy atom. The third-order valence-corrected chi connectivity index (χ3v) is 6.95. The molecule has 3 heteroatoms. The lowest BCUT2D eigenvalue weighted by molar-refractivity contribution is 0.257. The standard InChI is InChI=1S/C29H58N2.BrH/c1-3-5-7-9-11-13-15-16-18-20-22-24-26-31-28-27-30(29-31)25-23-21-19-17-14-12-10-8-6-4-2;/h27-28H,3-26,29H2,1-2H3;1H. The normalized spacial score (nSPS) is 13.2. The zero-order chi connectivity index (χ0) is 22.2. The van der Waals surface area contributed by atoms with Gasteiger partial charge in [0, 0.05) is 25.5 Å². The molecular weight excluding hydrogens is 456 g/mol. The van der Waals surface area contributed by atoms with Crippen LogP contribution in [0.1, 0.15) is 155 Å². The van der Waals surface area contributed by atoms with Gasteiger partial charge in [0.25, 0.3) is 0 Å². The maximum absolute atomic E-state index is 2.52. The first-order valence-corrected chi connectivity index (χ1v) is 14.5. The monoisotopic (exact) mass is 514 g/mol. The number of hydrogen-bond acceptors (Lipinski definition) is 2. The van der Waals surface area contributed by atoms with Crippen LogP contribution in [-0.4, -0.2) is 29.6 Å². The van der Waals surface area contributed by atoms with Crippen molar-refractivity contribution in [2.75, 3.05) is 19.8 Å². The van der Waals surface area contributed by atoms with E-state index >= 15 is 0 Å². The summed E-state index contributed by atoms with van der Waals surface area (Å²) >= 11 is 0. The summed E-state index contributed by atoms with van der Waals surface area (Å²) in [5.74, 6) is 0. The van der Waals surface area contributed by atoms with Gasteiger partial charge in [-0.1, -0.05) is 142 Å². The number of nitrogens with zero attached hydrogens (tertiary/aromatic N) is 2. The molecule has 32 heavy (non-hydrogen) atoms. The molecular formula is C29H59BrN2. The van der Waals surface area contributed by atoms with E-state index in [1.165, 1.54) is 154 Å². The SMILES string of the molecule is Br.CCCCCCCCCCCCCCN1C=CN(CCCCCCCCCCCC)C1. The molecule has 0 spiro atoms. The summed E-state index contributed by atoms with van der Waals surface area (Å²) in [6.07, 6.45) is 36.2. The average Bonchev–Trinajstić information content (AvgIpc) is 3.23. The number of unbranched alkanes of at least 4 members (excludes halogenated alkanes) is 20. The van der Waals surface area contributed by atoms with Gasteiger partial charge in [-0.3, -0.25) is 0 Å². The summed E-state index contributed by atoms with van der Waals surface area (Å²) in [6.45, 7) is 8.24. The fraction of sp³-hybridized carbons (Fsp3) is 0.931. The summed E-state index contributed by atoms with van der Waals surface area (Å²) in [5, 5.41) is 0. The van der Waals surface area contributed by atoms with Crippen LogP contribution >= 0.6 is 17.0 Å². The van der Waals surface area contributed by atoms with Crippen LogP contribution in [0.4, 0.5) is 0 Å². The molecule has 192 valence electrons. The summed E-state index contributed by atoms with van der Waals surface area (Å²) < 4.78 is 0. The summed E-state index contributed by atoms with van der Waals surface area (Å²) in [7, 11) is 0. The minimum atomic E-state index is 0. The molecule has 0 bridgehead atoms. The van der Waals surface area contributed by atoms with Crippen LogP contribution in [0.2, 0.25) is 0 Å². The molecule has 1 heterocycles. The van der Waals surface area contributed by atoms with Crippen LogP contribution in [0.5, 0.6) is 0 Å². The lowest BCUT2D eigenvalue weighted by Crippen LogP contribution is -2.26. The van der Waals surface area contributed by atoms with Gasteiger partial charge in [-0.15, -0.1) is 17.0 Å². The lowest BCUT2D eigenvalue weighted by Gasteiger charge is -2.21. The van der Waals surface area contributed by atoms with E-state index in [4.69, 9.17) is 0 Å². The fourth-order valence-corrected chi connectivity index (χ4v) is 4.76. The third-order valence-electron chi connectivity index (χ3n) is 6.95. The molecule has 0 saturated heterocycles. The maximum Gasteiger partial charge on any atom is 0.0893 e. The molecule has 1 aliphatic heterocycles. The van der Waals surface area contributed by atoms with Crippen molar-refractivity contribution in [3.05, 3.63) is 12.4 Å². The van der Waals surface area contributed by atoms with E-state index in [1.807, 2.05) is 0 Å². The van der Waals surface area contributed by atoms with E-state index in [0.717, 1.165) is 6.67 Å². The topological polar surface area (TPSA) is 6.48 Å². The van der Waals surface area contributed by atoms with Gasteiger partial charge in [-0.25, -0.2) is 0 Å². The largest absolute Gasteiger partial charge is 0.359 e. The third kappa shape index (κ3) is 20.4. The van der Waals surface area contributed by atoms with Gasteiger partial charge in [0.1, 0.15) is 0 Å². The first kappa shape index (κ1) is 31.8. The smallest absolute Gasteiger partial charge is 0.0893 e. The van der Waals surface area contributed by atoms with E-state index in [2.05, 4.69) is 36.0 Å². The molecule has 0 fully saturated rings. The Hall–Kier alpha value is -0.180. The molecule has 0 atom stereocenters. The first-order valence-electron chi connectivity index (χ1n) is 14.5. The van der Waals surface area contributed by atoms with Crippen molar-refractivity contribution in [1.82, 2.24) is 9.80 Å². The van der Waals surface area contributed by atoms with Gasteiger partial charge in [0.2, 0.25) is 0 Å². The van der Waals surface area contributed by atoms with Crippen molar-refractivity contribution in [2.24, 2.45) is 0 Å². The van der Waals surface area contributed by atoms with E-state index in [1.54, 1.807) is 0 Å². The Morgan fingerprint density at radius 2 is 0.656 bits per heavy atom. The zero-order valence-electron chi connectivity index (χ0n) is 22.1. The number of rotatable bonds is 24. The second-order valence-electron chi connectivity index (χ2n) is 10.1. The van der Waals surface area contributed by atoms with Crippen LogP contribution in [0, 0.1) is 0 Å². The van der Waals surface area contributed by atoms with Gasteiger partial charge >= 0.3 is 0 Å². The summed E-state index contributed by atoms with van der Waals surface area (Å²) in [5.41, 5.74) is 0.